The Morgan fingerprint density at radius 3 is 2.78 bits per heavy atom. The molecule has 2 heterocycles. The molecule has 0 fully saturated rings. The van der Waals surface area contributed by atoms with E-state index in [4.69, 9.17) is 0 Å². The fourth-order valence-electron chi connectivity index (χ4n) is 2.06. The Kier molecular flexibility index (Phi) is 4.49. The zero-order valence-electron chi connectivity index (χ0n) is 11.2. The summed E-state index contributed by atoms with van der Waals surface area (Å²) in [5.41, 5.74) is 4.31. The summed E-state index contributed by atoms with van der Waals surface area (Å²) >= 11 is 1.66. The van der Waals surface area contributed by atoms with E-state index in [9.17, 15) is 0 Å². The number of nitrogens with zero attached hydrogens (tertiary/aromatic N) is 4. The van der Waals surface area contributed by atoms with Gasteiger partial charge >= 0.3 is 0 Å². The Bertz CT molecular complexity index is 461. The molecule has 0 N–H and O–H groups in total. The SMILES string of the molecule is CC(C)CN(Cc1cnn(C)c1)Cc1cscn1. The molecule has 18 heavy (non-hydrogen) atoms. The normalized spacial score (nSPS) is 11.6. The minimum Gasteiger partial charge on any atom is -0.293 e. The predicted molar refractivity (Wildman–Crippen MR) is 74.3 cm³/mol. The second-order valence-corrected chi connectivity index (χ2v) is 5.78. The second-order valence-electron chi connectivity index (χ2n) is 5.07. The van der Waals surface area contributed by atoms with Crippen molar-refractivity contribution in [1.82, 2.24) is 19.7 Å². The molecule has 0 aliphatic carbocycles. The molecule has 0 spiro atoms. The Morgan fingerprint density at radius 2 is 2.22 bits per heavy atom. The van der Waals surface area contributed by atoms with E-state index >= 15 is 0 Å². The van der Waals surface area contributed by atoms with Crippen LogP contribution in [0.25, 0.3) is 0 Å². The summed E-state index contributed by atoms with van der Waals surface area (Å²) in [5, 5.41) is 6.34. The number of aryl methyl sites for hydroxylation is 1. The van der Waals surface area contributed by atoms with E-state index in [1.165, 1.54) is 5.56 Å². The summed E-state index contributed by atoms with van der Waals surface area (Å²) in [6, 6.07) is 0. The maximum Gasteiger partial charge on any atom is 0.0795 e. The molecular weight excluding hydrogens is 244 g/mol. The monoisotopic (exact) mass is 264 g/mol. The van der Waals surface area contributed by atoms with Crippen molar-refractivity contribution in [2.24, 2.45) is 13.0 Å². The topological polar surface area (TPSA) is 34.0 Å². The maximum atomic E-state index is 4.37. The van der Waals surface area contributed by atoms with Crippen LogP contribution in [0.2, 0.25) is 0 Å². The van der Waals surface area contributed by atoms with E-state index in [1.807, 2.05) is 23.4 Å². The Labute approximate surface area is 112 Å². The van der Waals surface area contributed by atoms with Gasteiger partial charge < -0.3 is 0 Å². The van der Waals surface area contributed by atoms with Crippen LogP contribution in [0.4, 0.5) is 0 Å². The van der Waals surface area contributed by atoms with E-state index in [-0.39, 0.29) is 0 Å². The van der Waals surface area contributed by atoms with Gasteiger partial charge in [-0.2, -0.15) is 5.10 Å². The molecule has 2 aromatic rings. The number of hydrogen-bond acceptors (Lipinski definition) is 4. The molecule has 0 radical (unpaired) electrons. The minimum atomic E-state index is 0.653. The number of hydrogen-bond donors (Lipinski definition) is 0. The quantitative estimate of drug-likeness (QED) is 0.804. The smallest absolute Gasteiger partial charge is 0.0795 e. The van der Waals surface area contributed by atoms with Gasteiger partial charge in [-0.1, -0.05) is 13.8 Å². The average Bonchev–Trinajstić information content (AvgIpc) is 2.89. The van der Waals surface area contributed by atoms with Crippen LogP contribution in [-0.2, 0) is 20.1 Å². The lowest BCUT2D eigenvalue weighted by atomic mass is 10.2. The van der Waals surface area contributed by atoms with Crippen molar-refractivity contribution in [2.45, 2.75) is 26.9 Å². The third kappa shape index (κ3) is 3.92. The van der Waals surface area contributed by atoms with E-state index in [0.717, 1.165) is 25.3 Å². The highest BCUT2D eigenvalue weighted by Gasteiger charge is 2.11. The molecule has 0 aliphatic rings. The molecule has 0 bridgehead atoms. The van der Waals surface area contributed by atoms with Crippen LogP contribution in [0.1, 0.15) is 25.1 Å². The molecule has 5 heteroatoms. The van der Waals surface area contributed by atoms with Gasteiger partial charge in [0, 0.05) is 43.8 Å². The van der Waals surface area contributed by atoms with Gasteiger partial charge in [0.05, 0.1) is 17.4 Å². The van der Waals surface area contributed by atoms with Gasteiger partial charge in [0.1, 0.15) is 0 Å². The first kappa shape index (κ1) is 13.2. The van der Waals surface area contributed by atoms with Gasteiger partial charge in [0.2, 0.25) is 0 Å². The molecule has 0 aromatic carbocycles. The van der Waals surface area contributed by atoms with Gasteiger partial charge in [0.25, 0.3) is 0 Å². The van der Waals surface area contributed by atoms with Gasteiger partial charge in [-0.25, -0.2) is 4.98 Å². The van der Waals surface area contributed by atoms with Gasteiger partial charge in [-0.15, -0.1) is 11.3 Å². The van der Waals surface area contributed by atoms with Crippen molar-refractivity contribution in [1.29, 1.82) is 0 Å². The predicted octanol–water partition coefficient (Wildman–Crippen LogP) is 2.53. The summed E-state index contributed by atoms with van der Waals surface area (Å²) in [7, 11) is 1.96. The fourth-order valence-corrected chi connectivity index (χ4v) is 2.61. The van der Waals surface area contributed by atoms with E-state index < -0.39 is 0 Å². The lowest BCUT2D eigenvalue weighted by molar-refractivity contribution is 0.225. The third-order valence-corrected chi connectivity index (χ3v) is 3.29. The Balaban J connectivity index is 2.00. The van der Waals surface area contributed by atoms with E-state index in [0.29, 0.717) is 5.92 Å². The van der Waals surface area contributed by atoms with Crippen LogP contribution < -0.4 is 0 Å². The van der Waals surface area contributed by atoms with Gasteiger partial charge in [-0.3, -0.25) is 9.58 Å². The largest absolute Gasteiger partial charge is 0.293 e. The summed E-state index contributed by atoms with van der Waals surface area (Å²) in [6.07, 6.45) is 4.02. The zero-order valence-corrected chi connectivity index (χ0v) is 12.0. The molecule has 0 atom stereocenters. The van der Waals surface area contributed by atoms with Crippen molar-refractivity contribution < 1.29 is 0 Å². The molecule has 0 amide bonds. The third-order valence-electron chi connectivity index (χ3n) is 2.66. The standard InChI is InChI=1S/C13H20N4S/c1-11(2)5-17(8-13-9-18-10-14-13)7-12-4-15-16(3)6-12/h4,6,9-11H,5,7-8H2,1-3H3. The van der Waals surface area contributed by atoms with Crippen molar-refractivity contribution in [3.8, 4) is 0 Å². The molecule has 0 saturated carbocycles. The second kappa shape index (κ2) is 6.11. The van der Waals surface area contributed by atoms with Crippen LogP contribution in [0, 0.1) is 5.92 Å². The summed E-state index contributed by atoms with van der Waals surface area (Å²) in [4.78, 5) is 6.79. The van der Waals surface area contributed by atoms with Crippen LogP contribution in [0.3, 0.4) is 0 Å². The summed E-state index contributed by atoms with van der Waals surface area (Å²) in [5.74, 6) is 0.653. The molecule has 4 nitrogen and oxygen atoms in total. The highest BCUT2D eigenvalue weighted by Crippen LogP contribution is 2.12. The zero-order chi connectivity index (χ0) is 13.0. The molecule has 0 saturated heterocycles. The summed E-state index contributed by atoms with van der Waals surface area (Å²) < 4.78 is 1.85. The molecule has 0 unspecified atom stereocenters. The number of rotatable bonds is 6. The first-order chi connectivity index (χ1) is 8.63. The molecule has 2 rings (SSSR count). The lowest BCUT2D eigenvalue weighted by Crippen LogP contribution is -2.27. The summed E-state index contributed by atoms with van der Waals surface area (Å²) in [6.45, 7) is 7.42. The van der Waals surface area contributed by atoms with Gasteiger partial charge in [-0.05, 0) is 5.92 Å². The van der Waals surface area contributed by atoms with Crippen LogP contribution in [0.5, 0.6) is 0 Å². The van der Waals surface area contributed by atoms with Crippen molar-refractivity contribution >= 4 is 11.3 Å². The molecular formula is C13H20N4S. The number of aromatic nitrogens is 3. The van der Waals surface area contributed by atoms with E-state index in [1.54, 1.807) is 11.3 Å². The highest BCUT2D eigenvalue weighted by molar-refractivity contribution is 7.07. The lowest BCUT2D eigenvalue weighted by Gasteiger charge is -2.22. The van der Waals surface area contributed by atoms with Crippen LogP contribution >= 0.6 is 11.3 Å². The Hall–Kier alpha value is -1.20. The molecule has 0 aliphatic heterocycles. The van der Waals surface area contributed by atoms with Gasteiger partial charge in [0.15, 0.2) is 0 Å². The molecule has 98 valence electrons. The maximum absolute atomic E-state index is 4.37. The average molecular weight is 264 g/mol. The van der Waals surface area contributed by atoms with Crippen molar-refractivity contribution in [3.05, 3.63) is 34.5 Å². The van der Waals surface area contributed by atoms with Crippen molar-refractivity contribution in [3.63, 3.8) is 0 Å². The first-order valence-electron chi connectivity index (χ1n) is 6.20. The van der Waals surface area contributed by atoms with Crippen LogP contribution in [-0.4, -0.2) is 26.2 Å². The molecule has 2 aromatic heterocycles. The Morgan fingerprint density at radius 1 is 1.39 bits per heavy atom. The van der Waals surface area contributed by atoms with E-state index in [2.05, 4.69) is 40.4 Å². The highest BCUT2D eigenvalue weighted by atomic mass is 32.1. The van der Waals surface area contributed by atoms with Crippen LogP contribution in [0.15, 0.2) is 23.3 Å². The van der Waals surface area contributed by atoms with Crippen molar-refractivity contribution in [2.75, 3.05) is 6.54 Å². The number of thiazole rings is 1. The first-order valence-corrected chi connectivity index (χ1v) is 7.14. The minimum absolute atomic E-state index is 0.653. The fraction of sp³-hybridized carbons (Fsp3) is 0.538.